The first-order valence-electron chi connectivity index (χ1n) is 9.16. The predicted molar refractivity (Wildman–Crippen MR) is 91.9 cm³/mol. The first-order chi connectivity index (χ1) is 9.16. The van der Waals surface area contributed by atoms with E-state index in [9.17, 15) is 0 Å². The fourth-order valence-corrected chi connectivity index (χ4v) is 4.36. The Morgan fingerprint density at radius 2 is 1.15 bits per heavy atom. The molecule has 0 saturated heterocycles. The van der Waals surface area contributed by atoms with Gasteiger partial charge in [-0.05, 0) is 60.2 Å². The van der Waals surface area contributed by atoms with Crippen molar-refractivity contribution in [2.45, 2.75) is 93.9 Å². The molecular formula is C20H40. The van der Waals surface area contributed by atoms with Gasteiger partial charge in [-0.3, -0.25) is 0 Å². The van der Waals surface area contributed by atoms with Crippen LogP contribution in [0.4, 0.5) is 0 Å². The lowest BCUT2D eigenvalue weighted by Gasteiger charge is -2.45. The van der Waals surface area contributed by atoms with E-state index in [4.69, 9.17) is 0 Å². The maximum absolute atomic E-state index is 2.47. The van der Waals surface area contributed by atoms with Gasteiger partial charge < -0.3 is 0 Å². The van der Waals surface area contributed by atoms with Crippen molar-refractivity contribution in [3.8, 4) is 0 Å². The summed E-state index contributed by atoms with van der Waals surface area (Å²) in [5.74, 6) is 3.92. The molecule has 0 aromatic heterocycles. The Morgan fingerprint density at radius 1 is 0.800 bits per heavy atom. The number of fused-ring (bicyclic) bond motifs is 2. The zero-order valence-electron chi connectivity index (χ0n) is 15.6. The van der Waals surface area contributed by atoms with Gasteiger partial charge in [-0.1, -0.05) is 68.2 Å². The Morgan fingerprint density at radius 3 is 1.35 bits per heavy atom. The number of hydrogen-bond donors (Lipinski definition) is 0. The summed E-state index contributed by atoms with van der Waals surface area (Å²) in [5.41, 5.74) is 1.21. The number of hydrogen-bond acceptors (Lipinski definition) is 0. The fourth-order valence-electron chi connectivity index (χ4n) is 4.36. The van der Waals surface area contributed by atoms with Crippen molar-refractivity contribution in [2.75, 3.05) is 0 Å². The number of rotatable bonds is 4. The normalized spacial score (nSPS) is 32.4. The first-order valence-corrected chi connectivity index (χ1v) is 9.16. The van der Waals surface area contributed by atoms with Crippen molar-refractivity contribution in [3.63, 3.8) is 0 Å². The van der Waals surface area contributed by atoms with Crippen LogP contribution in [0.25, 0.3) is 0 Å². The van der Waals surface area contributed by atoms with Gasteiger partial charge in [-0.2, -0.15) is 0 Å². The van der Waals surface area contributed by atoms with E-state index in [1.807, 2.05) is 0 Å². The second kappa shape index (κ2) is 6.84. The van der Waals surface area contributed by atoms with Crippen LogP contribution < -0.4 is 0 Å². The summed E-state index contributed by atoms with van der Waals surface area (Å²) in [6, 6.07) is 0. The first kappa shape index (κ1) is 18.1. The average Bonchev–Trinajstić information content (AvgIpc) is 2.93. The zero-order chi connectivity index (χ0) is 15.6. The fraction of sp³-hybridized carbons (Fsp3) is 1.00. The molecule has 0 N–H and O–H groups in total. The third kappa shape index (κ3) is 3.60. The molecule has 0 heteroatoms. The summed E-state index contributed by atoms with van der Waals surface area (Å²) in [7, 11) is 0. The maximum atomic E-state index is 2.47. The van der Waals surface area contributed by atoms with Crippen molar-refractivity contribution in [1.29, 1.82) is 0 Å². The van der Waals surface area contributed by atoms with E-state index < -0.39 is 0 Å². The highest BCUT2D eigenvalue weighted by molar-refractivity contribution is 5.06. The van der Waals surface area contributed by atoms with E-state index in [1.54, 1.807) is 0 Å². The van der Waals surface area contributed by atoms with Crippen molar-refractivity contribution >= 4 is 0 Å². The molecule has 2 aliphatic carbocycles. The summed E-state index contributed by atoms with van der Waals surface area (Å²) < 4.78 is 0. The van der Waals surface area contributed by atoms with Crippen LogP contribution in [0.3, 0.4) is 0 Å². The molecule has 20 heavy (non-hydrogen) atoms. The Balaban J connectivity index is 0.000000206. The lowest BCUT2D eigenvalue weighted by Crippen LogP contribution is -2.37. The van der Waals surface area contributed by atoms with Gasteiger partial charge in [0.1, 0.15) is 0 Å². The minimum Gasteiger partial charge on any atom is -0.0651 e. The molecule has 0 spiro atoms. The maximum Gasteiger partial charge on any atom is -0.0272 e. The van der Waals surface area contributed by atoms with Gasteiger partial charge in [0.05, 0.1) is 0 Å². The molecule has 2 bridgehead atoms. The van der Waals surface area contributed by atoms with Crippen LogP contribution in [0.1, 0.15) is 93.9 Å². The van der Waals surface area contributed by atoms with Gasteiger partial charge in [0.15, 0.2) is 0 Å². The Labute approximate surface area is 129 Å². The highest BCUT2D eigenvalue weighted by atomic mass is 14.6. The summed E-state index contributed by atoms with van der Waals surface area (Å²) in [5, 5.41) is 0. The molecule has 0 aromatic carbocycles. The van der Waals surface area contributed by atoms with Gasteiger partial charge in [0, 0.05) is 0 Å². The van der Waals surface area contributed by atoms with E-state index in [1.165, 1.54) is 38.5 Å². The second-order valence-electron chi connectivity index (χ2n) is 8.91. The van der Waals surface area contributed by atoms with Gasteiger partial charge in [0.25, 0.3) is 0 Å². The second-order valence-corrected chi connectivity index (χ2v) is 8.91. The SMILES string of the molecule is CC1(C)C2CCC(C2)C1(C)C.CCC(C)CC(C)CC. The molecule has 2 saturated carbocycles. The molecule has 2 fully saturated rings. The van der Waals surface area contributed by atoms with Gasteiger partial charge >= 0.3 is 0 Å². The van der Waals surface area contributed by atoms with Crippen LogP contribution in [0, 0.1) is 34.5 Å². The van der Waals surface area contributed by atoms with Gasteiger partial charge in [0.2, 0.25) is 0 Å². The van der Waals surface area contributed by atoms with Gasteiger partial charge in [-0.15, -0.1) is 0 Å². The highest BCUT2D eigenvalue weighted by Gasteiger charge is 2.57. The van der Waals surface area contributed by atoms with E-state index in [2.05, 4.69) is 55.4 Å². The van der Waals surface area contributed by atoms with Crippen molar-refractivity contribution in [3.05, 3.63) is 0 Å². The van der Waals surface area contributed by atoms with Crippen LogP contribution >= 0.6 is 0 Å². The van der Waals surface area contributed by atoms with Crippen LogP contribution in [0.5, 0.6) is 0 Å². The third-order valence-corrected chi connectivity index (χ3v) is 7.33. The van der Waals surface area contributed by atoms with E-state index in [0.29, 0.717) is 10.8 Å². The topological polar surface area (TPSA) is 0 Å². The van der Waals surface area contributed by atoms with E-state index in [-0.39, 0.29) is 0 Å². The standard InChI is InChI=1S/C11H20.C9H20/c1-10(2)8-5-6-9(7-8)11(10,3)4;1-5-8(3)7-9(4)6-2/h8-9H,5-7H2,1-4H3;8-9H,5-7H2,1-4H3. The van der Waals surface area contributed by atoms with Crippen molar-refractivity contribution < 1.29 is 0 Å². The Kier molecular flexibility index (Phi) is 6.17. The van der Waals surface area contributed by atoms with Crippen molar-refractivity contribution in [1.82, 2.24) is 0 Å². The Hall–Kier alpha value is 0. The minimum atomic E-state index is 0.607. The van der Waals surface area contributed by atoms with Crippen molar-refractivity contribution in [2.24, 2.45) is 34.5 Å². The monoisotopic (exact) mass is 280 g/mol. The van der Waals surface area contributed by atoms with Crippen LogP contribution in [-0.2, 0) is 0 Å². The molecule has 4 atom stereocenters. The molecule has 2 aliphatic rings. The predicted octanol–water partition coefficient (Wildman–Crippen LogP) is 6.94. The van der Waals surface area contributed by atoms with Crippen LogP contribution in [0.2, 0.25) is 0 Å². The summed E-state index contributed by atoms with van der Waals surface area (Å²) >= 11 is 0. The molecule has 120 valence electrons. The lowest BCUT2D eigenvalue weighted by atomic mass is 9.60. The molecule has 0 radical (unpaired) electrons. The lowest BCUT2D eigenvalue weighted by molar-refractivity contribution is 0.0392. The molecule has 4 unspecified atom stereocenters. The molecule has 0 nitrogen and oxygen atoms in total. The zero-order valence-corrected chi connectivity index (χ0v) is 15.6. The minimum absolute atomic E-state index is 0.607. The highest BCUT2D eigenvalue weighted by Crippen LogP contribution is 2.65. The molecule has 0 amide bonds. The summed E-state index contributed by atoms with van der Waals surface area (Å²) in [4.78, 5) is 0. The largest absolute Gasteiger partial charge is 0.0651 e. The van der Waals surface area contributed by atoms with E-state index >= 15 is 0 Å². The molecule has 0 aromatic rings. The smallest absolute Gasteiger partial charge is 0.0272 e. The summed E-state index contributed by atoms with van der Waals surface area (Å²) in [6.07, 6.45) is 8.60. The van der Waals surface area contributed by atoms with E-state index in [0.717, 1.165) is 23.7 Å². The molecule has 0 heterocycles. The third-order valence-electron chi connectivity index (χ3n) is 7.33. The van der Waals surface area contributed by atoms with Crippen LogP contribution in [0.15, 0.2) is 0 Å². The Bertz CT molecular complexity index is 258. The van der Waals surface area contributed by atoms with Crippen LogP contribution in [-0.4, -0.2) is 0 Å². The molecular weight excluding hydrogens is 240 g/mol. The average molecular weight is 281 g/mol. The van der Waals surface area contributed by atoms with Gasteiger partial charge in [-0.25, -0.2) is 0 Å². The molecule has 0 aliphatic heterocycles. The molecule has 2 rings (SSSR count). The quantitative estimate of drug-likeness (QED) is 0.523. The summed E-state index contributed by atoms with van der Waals surface area (Å²) in [6.45, 7) is 19.1.